The van der Waals surface area contributed by atoms with E-state index in [9.17, 15) is 9.59 Å². The Kier molecular flexibility index (Phi) is 7.81. The lowest BCUT2D eigenvalue weighted by Gasteiger charge is -2.12. The fourth-order valence-electron chi connectivity index (χ4n) is 2.73. The van der Waals surface area contributed by atoms with Gasteiger partial charge in [-0.3, -0.25) is 9.59 Å². The molecule has 0 aliphatic heterocycles. The van der Waals surface area contributed by atoms with E-state index in [4.69, 9.17) is 12.2 Å². The quantitative estimate of drug-likeness (QED) is 0.243. The highest BCUT2D eigenvalue weighted by atomic mass is 32.2. The van der Waals surface area contributed by atoms with Crippen LogP contribution in [0.2, 0.25) is 0 Å². The maximum atomic E-state index is 12.2. The largest absolute Gasteiger partial charge is 0.332 e. The molecule has 0 spiro atoms. The molecular weight excluding hydrogens is 426 g/mol. The Hall–Kier alpha value is -3.16. The van der Waals surface area contributed by atoms with E-state index in [1.807, 2.05) is 67.6 Å². The number of thioether (sulfide) groups is 1. The zero-order valence-corrected chi connectivity index (χ0v) is 18.9. The lowest BCUT2D eigenvalue weighted by atomic mass is 10.1. The number of rotatable bonds is 7. The van der Waals surface area contributed by atoms with Gasteiger partial charge in [-0.15, -0.1) is 11.8 Å². The first kappa shape index (κ1) is 22.5. The number of ketones is 1. The molecule has 0 unspecified atom stereocenters. The molecular formula is C24H23N3O2S2. The van der Waals surface area contributed by atoms with E-state index in [0.717, 1.165) is 27.5 Å². The maximum Gasteiger partial charge on any atom is 0.234 e. The molecule has 3 aromatic carbocycles. The molecule has 0 aromatic heterocycles. The molecule has 0 aliphatic rings. The van der Waals surface area contributed by atoms with Crippen LogP contribution in [0, 0.1) is 6.92 Å². The second-order valence-electron chi connectivity index (χ2n) is 6.94. The smallest absolute Gasteiger partial charge is 0.234 e. The number of hydrogen-bond acceptors (Lipinski definition) is 4. The zero-order chi connectivity index (χ0) is 22.2. The standard InChI is InChI=1S/C24H23N3O2S2/c1-16-6-10-19(11-7-16)25-23(29)15-31-22-5-3-4-21(14-22)27-24(30)26-20-12-8-18(9-13-20)17(2)28/h3-14H,15H2,1-2H3,(H,25,29)(H2,26,27,30). The van der Waals surface area contributed by atoms with Crippen LogP contribution in [0.3, 0.4) is 0 Å². The van der Waals surface area contributed by atoms with Crippen molar-refractivity contribution in [3.05, 3.63) is 83.9 Å². The molecule has 158 valence electrons. The maximum absolute atomic E-state index is 12.2. The minimum Gasteiger partial charge on any atom is -0.332 e. The van der Waals surface area contributed by atoms with Crippen LogP contribution in [0.15, 0.2) is 77.7 Å². The Morgan fingerprint density at radius 3 is 2.13 bits per heavy atom. The third-order valence-corrected chi connectivity index (χ3v) is 5.54. The SMILES string of the molecule is CC(=O)c1ccc(NC(=S)Nc2cccc(SCC(=O)Nc3ccc(C)cc3)c2)cc1. The summed E-state index contributed by atoms with van der Waals surface area (Å²) in [5, 5.41) is 9.57. The highest BCUT2D eigenvalue weighted by Gasteiger charge is 2.06. The van der Waals surface area contributed by atoms with Gasteiger partial charge in [0.15, 0.2) is 10.9 Å². The van der Waals surface area contributed by atoms with Gasteiger partial charge in [0.25, 0.3) is 0 Å². The van der Waals surface area contributed by atoms with Crippen LogP contribution in [-0.4, -0.2) is 22.6 Å². The number of nitrogens with one attached hydrogen (secondary N) is 3. The van der Waals surface area contributed by atoms with Crippen LogP contribution >= 0.6 is 24.0 Å². The fraction of sp³-hybridized carbons (Fsp3) is 0.125. The lowest BCUT2D eigenvalue weighted by Crippen LogP contribution is -2.19. The first-order valence-electron chi connectivity index (χ1n) is 9.67. The molecule has 1 amide bonds. The minimum absolute atomic E-state index is 0.0223. The molecule has 0 radical (unpaired) electrons. The summed E-state index contributed by atoms with van der Waals surface area (Å²) in [7, 11) is 0. The number of amides is 1. The predicted octanol–water partition coefficient (Wildman–Crippen LogP) is 5.74. The number of carbonyl (C=O) groups excluding carboxylic acids is 2. The molecule has 0 aliphatic carbocycles. The van der Waals surface area contributed by atoms with Crippen molar-refractivity contribution in [2.75, 3.05) is 21.7 Å². The average molecular weight is 450 g/mol. The molecule has 3 N–H and O–H groups in total. The van der Waals surface area contributed by atoms with Crippen molar-refractivity contribution in [1.29, 1.82) is 0 Å². The van der Waals surface area contributed by atoms with Crippen molar-refractivity contribution in [2.24, 2.45) is 0 Å². The molecule has 31 heavy (non-hydrogen) atoms. The average Bonchev–Trinajstić information content (AvgIpc) is 2.74. The van der Waals surface area contributed by atoms with Crippen LogP contribution < -0.4 is 16.0 Å². The van der Waals surface area contributed by atoms with Crippen molar-refractivity contribution in [3.8, 4) is 0 Å². The van der Waals surface area contributed by atoms with Crippen LogP contribution in [0.1, 0.15) is 22.8 Å². The number of carbonyl (C=O) groups is 2. The van der Waals surface area contributed by atoms with Crippen molar-refractivity contribution in [2.45, 2.75) is 18.7 Å². The number of benzene rings is 3. The van der Waals surface area contributed by atoms with Gasteiger partial charge in [0.05, 0.1) is 5.75 Å². The monoisotopic (exact) mass is 449 g/mol. The van der Waals surface area contributed by atoms with Gasteiger partial charge in [0.1, 0.15) is 0 Å². The molecule has 3 aromatic rings. The molecule has 7 heteroatoms. The predicted molar refractivity (Wildman–Crippen MR) is 133 cm³/mol. The van der Waals surface area contributed by atoms with Gasteiger partial charge in [0.2, 0.25) is 5.91 Å². The molecule has 0 saturated heterocycles. The molecule has 0 saturated carbocycles. The van der Waals surface area contributed by atoms with Crippen molar-refractivity contribution < 1.29 is 9.59 Å². The third-order valence-electron chi connectivity index (χ3n) is 4.35. The van der Waals surface area contributed by atoms with Gasteiger partial charge < -0.3 is 16.0 Å². The van der Waals surface area contributed by atoms with Crippen LogP contribution in [0.4, 0.5) is 17.1 Å². The summed E-state index contributed by atoms with van der Waals surface area (Å²) in [6, 6.07) is 22.6. The zero-order valence-electron chi connectivity index (χ0n) is 17.3. The molecule has 0 heterocycles. The molecule has 0 atom stereocenters. The van der Waals surface area contributed by atoms with Gasteiger partial charge in [-0.1, -0.05) is 23.8 Å². The Labute approximate surface area is 191 Å². The summed E-state index contributed by atoms with van der Waals surface area (Å²) in [6.07, 6.45) is 0. The van der Waals surface area contributed by atoms with Crippen LogP contribution in [0.5, 0.6) is 0 Å². The van der Waals surface area contributed by atoms with Gasteiger partial charge in [-0.2, -0.15) is 0 Å². The van der Waals surface area contributed by atoms with Crippen molar-refractivity contribution in [1.82, 2.24) is 0 Å². The third kappa shape index (κ3) is 7.24. The highest BCUT2D eigenvalue weighted by Crippen LogP contribution is 2.22. The summed E-state index contributed by atoms with van der Waals surface area (Å²) in [5.74, 6) is 0.273. The minimum atomic E-state index is -0.0570. The second kappa shape index (κ2) is 10.7. The van der Waals surface area contributed by atoms with Crippen molar-refractivity contribution in [3.63, 3.8) is 0 Å². The Bertz CT molecular complexity index is 1080. The molecule has 3 rings (SSSR count). The van der Waals surface area contributed by atoms with E-state index >= 15 is 0 Å². The summed E-state index contributed by atoms with van der Waals surface area (Å²) in [5.41, 5.74) is 4.21. The van der Waals surface area contributed by atoms with Gasteiger partial charge >= 0.3 is 0 Å². The first-order valence-corrected chi connectivity index (χ1v) is 11.1. The summed E-state index contributed by atoms with van der Waals surface area (Å²) < 4.78 is 0. The number of aryl methyl sites for hydroxylation is 1. The Morgan fingerprint density at radius 2 is 1.45 bits per heavy atom. The number of anilines is 3. The lowest BCUT2D eigenvalue weighted by molar-refractivity contribution is -0.113. The van der Waals surface area contributed by atoms with Gasteiger partial charge in [0, 0.05) is 27.5 Å². The normalized spacial score (nSPS) is 10.3. The van der Waals surface area contributed by atoms with E-state index in [1.165, 1.54) is 18.7 Å². The van der Waals surface area contributed by atoms with E-state index in [1.54, 1.807) is 12.1 Å². The van der Waals surface area contributed by atoms with E-state index in [2.05, 4.69) is 16.0 Å². The Balaban J connectivity index is 1.51. The first-order chi connectivity index (χ1) is 14.9. The molecule has 0 fully saturated rings. The summed E-state index contributed by atoms with van der Waals surface area (Å²) >= 11 is 6.83. The van der Waals surface area contributed by atoms with E-state index in [-0.39, 0.29) is 11.7 Å². The summed E-state index contributed by atoms with van der Waals surface area (Å²) in [4.78, 5) is 24.5. The summed E-state index contributed by atoms with van der Waals surface area (Å²) in [6.45, 7) is 3.54. The van der Waals surface area contributed by atoms with Crippen LogP contribution in [0.25, 0.3) is 0 Å². The van der Waals surface area contributed by atoms with E-state index < -0.39 is 0 Å². The number of Topliss-reactive ketones (excluding diaryl/α,β-unsaturated/α-hetero) is 1. The fourth-order valence-corrected chi connectivity index (χ4v) is 3.72. The molecule has 0 bridgehead atoms. The highest BCUT2D eigenvalue weighted by molar-refractivity contribution is 8.00. The van der Waals surface area contributed by atoms with Crippen molar-refractivity contribution >= 4 is 57.8 Å². The van der Waals surface area contributed by atoms with Crippen LogP contribution in [-0.2, 0) is 4.79 Å². The topological polar surface area (TPSA) is 70.2 Å². The van der Waals surface area contributed by atoms with Gasteiger partial charge in [-0.25, -0.2) is 0 Å². The Morgan fingerprint density at radius 1 is 0.839 bits per heavy atom. The van der Waals surface area contributed by atoms with Gasteiger partial charge in [-0.05, 0) is 80.7 Å². The van der Waals surface area contributed by atoms with E-state index in [0.29, 0.717) is 16.4 Å². The second-order valence-corrected chi connectivity index (χ2v) is 8.40. The number of thiocarbonyl (C=S) groups is 1. The molecule has 5 nitrogen and oxygen atoms in total. The number of hydrogen-bond donors (Lipinski definition) is 3.